The van der Waals surface area contributed by atoms with Gasteiger partial charge in [0.1, 0.15) is 12.3 Å². The van der Waals surface area contributed by atoms with Crippen molar-refractivity contribution in [3.63, 3.8) is 0 Å². The van der Waals surface area contributed by atoms with Crippen LogP contribution < -0.4 is 0 Å². The maximum Gasteiger partial charge on any atom is 0.198 e. The van der Waals surface area contributed by atoms with Gasteiger partial charge in [0.2, 0.25) is 0 Å². The van der Waals surface area contributed by atoms with E-state index in [2.05, 4.69) is 9.89 Å². The van der Waals surface area contributed by atoms with Crippen LogP contribution in [-0.2, 0) is 9.53 Å². The fourth-order valence-electron chi connectivity index (χ4n) is 4.59. The van der Waals surface area contributed by atoms with E-state index in [0.717, 1.165) is 12.1 Å². The van der Waals surface area contributed by atoms with E-state index in [4.69, 9.17) is 4.74 Å². The molecule has 2 N–H and O–H groups in total. The quantitative estimate of drug-likeness (QED) is 0.605. The van der Waals surface area contributed by atoms with Crippen molar-refractivity contribution in [1.29, 1.82) is 0 Å². The molecule has 4 rings (SSSR count). The normalized spacial score (nSPS) is 26.0. The van der Waals surface area contributed by atoms with Gasteiger partial charge in [-0.25, -0.2) is 0 Å². The first kappa shape index (κ1) is 24.2. The third kappa shape index (κ3) is 4.42. The lowest BCUT2D eigenvalue weighted by Gasteiger charge is -2.34. The summed E-state index contributed by atoms with van der Waals surface area (Å²) in [6.45, 7) is 7.37. The number of hydrogen-bond acceptors (Lipinski definition) is 8. The van der Waals surface area contributed by atoms with Crippen molar-refractivity contribution in [3.8, 4) is 0 Å². The summed E-state index contributed by atoms with van der Waals surface area (Å²) in [5.41, 5.74) is 0.0156. The van der Waals surface area contributed by atoms with Crippen LogP contribution in [-0.4, -0.2) is 75.7 Å². The second kappa shape index (κ2) is 9.76. The molecular formula is C26H31N3O5. The summed E-state index contributed by atoms with van der Waals surface area (Å²) >= 11 is 0. The molecule has 4 atom stereocenters. The number of rotatable bonds is 7. The van der Waals surface area contributed by atoms with Crippen molar-refractivity contribution in [2.24, 2.45) is 4.99 Å². The van der Waals surface area contributed by atoms with Crippen molar-refractivity contribution in [1.82, 2.24) is 9.80 Å². The van der Waals surface area contributed by atoms with Crippen LogP contribution in [0.1, 0.15) is 46.5 Å². The van der Waals surface area contributed by atoms with Gasteiger partial charge in [0, 0.05) is 12.0 Å². The van der Waals surface area contributed by atoms with E-state index >= 15 is 0 Å². The second-order valence-electron chi connectivity index (χ2n) is 8.99. The van der Waals surface area contributed by atoms with Crippen LogP contribution >= 0.6 is 0 Å². The van der Waals surface area contributed by atoms with Crippen LogP contribution in [0.5, 0.6) is 0 Å². The first-order chi connectivity index (χ1) is 16.3. The van der Waals surface area contributed by atoms with Crippen molar-refractivity contribution in [2.75, 3.05) is 19.9 Å². The van der Waals surface area contributed by atoms with Gasteiger partial charge in [-0.1, -0.05) is 55.5 Å². The zero-order valence-corrected chi connectivity index (χ0v) is 19.7. The number of aliphatic imine (C=N–C) groups is 1. The largest absolute Gasteiger partial charge is 0.380 e. The molecule has 2 aromatic rings. The van der Waals surface area contributed by atoms with E-state index in [0.29, 0.717) is 30.0 Å². The van der Waals surface area contributed by atoms with Crippen LogP contribution in [0.25, 0.3) is 0 Å². The fraction of sp³-hybridized carbons (Fsp3) is 0.423. The third-order valence-corrected chi connectivity index (χ3v) is 6.70. The Kier molecular flexibility index (Phi) is 6.95. The highest BCUT2D eigenvalue weighted by Gasteiger charge is 2.58. The number of carbonyl (C=O) groups excluding carboxylic acids is 2. The molecule has 0 bridgehead atoms. The highest BCUT2D eigenvalue weighted by atomic mass is 16.5. The Morgan fingerprint density at radius 2 is 1.82 bits per heavy atom. The summed E-state index contributed by atoms with van der Waals surface area (Å²) in [4.78, 5) is 35.3. The van der Waals surface area contributed by atoms with Crippen molar-refractivity contribution in [3.05, 3.63) is 70.8 Å². The van der Waals surface area contributed by atoms with Gasteiger partial charge in [-0.2, -0.15) is 0 Å². The number of nitrogens with zero attached hydrogens (tertiary/aromatic N) is 3. The number of aliphatic hydroxyl groups excluding tert-OH is 1. The maximum absolute atomic E-state index is 13.7. The molecule has 1 saturated heterocycles. The Hall–Kier alpha value is -2.91. The van der Waals surface area contributed by atoms with E-state index in [1.54, 1.807) is 67.6 Å². The molecule has 2 aliphatic heterocycles. The topological polar surface area (TPSA) is 103 Å². The minimum absolute atomic E-state index is 0.124. The van der Waals surface area contributed by atoms with E-state index in [9.17, 15) is 19.8 Å². The predicted molar refractivity (Wildman–Crippen MR) is 127 cm³/mol. The van der Waals surface area contributed by atoms with Gasteiger partial charge in [0.25, 0.3) is 0 Å². The monoisotopic (exact) mass is 465 g/mol. The summed E-state index contributed by atoms with van der Waals surface area (Å²) in [6, 6.07) is 13.9. The van der Waals surface area contributed by atoms with Gasteiger partial charge in [0.05, 0.1) is 19.7 Å². The molecule has 0 aliphatic carbocycles. The Bertz CT molecular complexity index is 1100. The number of benzene rings is 2. The van der Waals surface area contributed by atoms with Crippen LogP contribution in [0.2, 0.25) is 0 Å². The number of ether oxygens (including phenoxy) is 1. The van der Waals surface area contributed by atoms with E-state index in [-0.39, 0.29) is 6.42 Å². The number of carbonyl (C=O) groups is 2. The second-order valence-corrected chi connectivity index (χ2v) is 8.99. The minimum Gasteiger partial charge on any atom is -0.380 e. The highest BCUT2D eigenvalue weighted by Crippen LogP contribution is 2.38. The van der Waals surface area contributed by atoms with Gasteiger partial charge < -0.3 is 19.8 Å². The lowest BCUT2D eigenvalue weighted by molar-refractivity contribution is -0.149. The summed E-state index contributed by atoms with van der Waals surface area (Å²) in [6.07, 6.45) is -2.33. The number of ketones is 2. The number of hydrogen-bond donors (Lipinski definition) is 2. The molecule has 8 heteroatoms. The van der Waals surface area contributed by atoms with Gasteiger partial charge in [0.15, 0.2) is 23.3 Å². The molecule has 0 spiro atoms. The standard InChI is InChI=1S/C26H31N3O5/c1-4-28-14-27-15-29(16-28)21-13-26(33,24(32)20-12-8-6-10-18(20)3)25(34-21)23(31)22(30)19-11-7-5-9-17(19)2/h5-12,15,21-22,25,30,33H,4,13-14,16H2,1-3H3/t21-,22?,25+,26+/m0/s1. The predicted octanol–water partition coefficient (Wildman–Crippen LogP) is 2.22. The minimum atomic E-state index is -2.14. The van der Waals surface area contributed by atoms with Crippen molar-refractivity contribution in [2.45, 2.75) is 51.2 Å². The third-order valence-electron chi connectivity index (χ3n) is 6.70. The Morgan fingerprint density at radius 3 is 2.50 bits per heavy atom. The van der Waals surface area contributed by atoms with E-state index in [1.165, 1.54) is 0 Å². The molecule has 1 fully saturated rings. The van der Waals surface area contributed by atoms with Crippen molar-refractivity contribution >= 4 is 17.9 Å². The maximum atomic E-state index is 13.7. The lowest BCUT2D eigenvalue weighted by atomic mass is 9.81. The first-order valence-electron chi connectivity index (χ1n) is 11.5. The molecule has 8 nitrogen and oxygen atoms in total. The van der Waals surface area contributed by atoms with Gasteiger partial charge >= 0.3 is 0 Å². The molecule has 2 aromatic carbocycles. The number of Topliss-reactive ketones (excluding diaryl/α,β-unsaturated/α-hetero) is 2. The van der Waals surface area contributed by atoms with E-state index < -0.39 is 35.6 Å². The number of aliphatic hydroxyl groups is 2. The lowest BCUT2D eigenvalue weighted by Crippen LogP contribution is -2.51. The number of aryl methyl sites for hydroxylation is 2. The molecule has 34 heavy (non-hydrogen) atoms. The van der Waals surface area contributed by atoms with Crippen LogP contribution in [0.15, 0.2) is 53.5 Å². The molecule has 0 saturated carbocycles. The molecule has 0 aromatic heterocycles. The average molecular weight is 466 g/mol. The molecule has 1 unspecified atom stereocenters. The Morgan fingerprint density at radius 1 is 1.15 bits per heavy atom. The molecule has 2 aliphatic rings. The summed E-state index contributed by atoms with van der Waals surface area (Å²) < 4.78 is 6.06. The van der Waals surface area contributed by atoms with Crippen molar-refractivity contribution < 1.29 is 24.5 Å². The summed E-state index contributed by atoms with van der Waals surface area (Å²) in [7, 11) is 0. The van der Waals surface area contributed by atoms with Crippen LogP contribution in [0.3, 0.4) is 0 Å². The summed E-state index contributed by atoms with van der Waals surface area (Å²) in [5.74, 6) is -1.34. The molecule has 2 heterocycles. The Balaban J connectivity index is 1.70. The van der Waals surface area contributed by atoms with Gasteiger partial charge in [-0.15, -0.1) is 0 Å². The molecule has 180 valence electrons. The fourth-order valence-corrected chi connectivity index (χ4v) is 4.59. The van der Waals surface area contributed by atoms with Gasteiger partial charge in [-0.05, 0) is 37.1 Å². The van der Waals surface area contributed by atoms with E-state index in [1.807, 2.05) is 13.0 Å². The molecule has 0 amide bonds. The molecule has 0 radical (unpaired) electrons. The van der Waals surface area contributed by atoms with Gasteiger partial charge in [-0.3, -0.25) is 19.5 Å². The first-order valence-corrected chi connectivity index (χ1v) is 11.5. The smallest absolute Gasteiger partial charge is 0.198 e. The average Bonchev–Trinajstić information content (AvgIpc) is 3.22. The zero-order chi connectivity index (χ0) is 24.5. The summed E-state index contributed by atoms with van der Waals surface area (Å²) in [5, 5.41) is 22.7. The molecular weight excluding hydrogens is 434 g/mol. The zero-order valence-electron chi connectivity index (χ0n) is 19.7. The van der Waals surface area contributed by atoms with Crippen LogP contribution in [0, 0.1) is 13.8 Å². The van der Waals surface area contributed by atoms with Crippen LogP contribution in [0.4, 0.5) is 0 Å². The SMILES string of the molecule is CCN1CN=CN([C@@H]2C[C@@](O)(C(=O)c3ccccc3C)[C@@H](C(=O)C(O)c3ccccc3C)O2)C1. The highest BCUT2D eigenvalue weighted by molar-refractivity contribution is 6.08. The Labute approximate surface area is 199 Å².